The third-order valence-electron chi connectivity index (χ3n) is 3.19. The molecule has 1 aliphatic rings. The lowest BCUT2D eigenvalue weighted by molar-refractivity contribution is -0.120. The second-order valence-electron chi connectivity index (χ2n) is 4.45. The van der Waals surface area contributed by atoms with Crippen molar-refractivity contribution in [2.24, 2.45) is 7.05 Å². The number of carbonyl (C=O) groups is 2. The van der Waals surface area contributed by atoms with Crippen LogP contribution in [0.3, 0.4) is 0 Å². The summed E-state index contributed by atoms with van der Waals surface area (Å²) >= 11 is 0. The number of fused-ring (bicyclic) bond motifs is 1. The summed E-state index contributed by atoms with van der Waals surface area (Å²) in [4.78, 5) is 24.5. The van der Waals surface area contributed by atoms with E-state index >= 15 is 0 Å². The van der Waals surface area contributed by atoms with Crippen molar-refractivity contribution in [1.82, 2.24) is 15.1 Å². The zero-order chi connectivity index (χ0) is 13.6. The van der Waals surface area contributed by atoms with Crippen molar-refractivity contribution in [3.05, 3.63) is 18.2 Å². The Labute approximate surface area is 110 Å². The standard InChI is InChI=1S/C12H11BN4O2/c1-16-10-7(3-2-4-8(10)13)11(15-16)17-6-5-9(18)14-12(17)19/h2-4H,5-6H2,1H3,(H,14,18,19). The van der Waals surface area contributed by atoms with Crippen molar-refractivity contribution >= 4 is 42.0 Å². The Morgan fingerprint density at radius 3 is 2.89 bits per heavy atom. The van der Waals surface area contributed by atoms with Crippen LogP contribution in [-0.4, -0.2) is 36.1 Å². The molecule has 6 nitrogen and oxygen atoms in total. The predicted molar refractivity (Wildman–Crippen MR) is 71.6 cm³/mol. The van der Waals surface area contributed by atoms with E-state index in [2.05, 4.69) is 10.4 Å². The fourth-order valence-corrected chi connectivity index (χ4v) is 2.31. The average molecular weight is 254 g/mol. The highest BCUT2D eigenvalue weighted by molar-refractivity contribution is 6.38. The molecule has 19 heavy (non-hydrogen) atoms. The molecule has 1 saturated heterocycles. The van der Waals surface area contributed by atoms with Crippen molar-refractivity contribution in [3.8, 4) is 0 Å². The Bertz CT molecular complexity index is 694. The van der Waals surface area contributed by atoms with Gasteiger partial charge in [0.15, 0.2) is 5.82 Å². The number of imide groups is 1. The fourth-order valence-electron chi connectivity index (χ4n) is 2.31. The number of aromatic nitrogens is 2. The van der Waals surface area contributed by atoms with E-state index in [0.29, 0.717) is 17.8 Å². The number of anilines is 1. The monoisotopic (exact) mass is 254 g/mol. The molecule has 2 aromatic rings. The molecule has 0 aliphatic carbocycles. The molecule has 1 aromatic heterocycles. The minimum atomic E-state index is -0.446. The number of aryl methyl sites for hydroxylation is 1. The van der Waals surface area contributed by atoms with Crippen LogP contribution in [0.4, 0.5) is 10.6 Å². The number of carbonyl (C=O) groups excluding carboxylic acids is 2. The summed E-state index contributed by atoms with van der Waals surface area (Å²) in [5.74, 6) is 0.260. The molecule has 0 spiro atoms. The third kappa shape index (κ3) is 1.78. The number of amides is 3. The van der Waals surface area contributed by atoms with Crippen molar-refractivity contribution in [3.63, 3.8) is 0 Å². The molecule has 0 saturated carbocycles. The van der Waals surface area contributed by atoms with Crippen LogP contribution in [-0.2, 0) is 11.8 Å². The van der Waals surface area contributed by atoms with E-state index in [1.165, 1.54) is 4.90 Å². The molecule has 0 atom stereocenters. The minimum Gasteiger partial charge on any atom is -0.278 e. The minimum absolute atomic E-state index is 0.263. The van der Waals surface area contributed by atoms with Crippen LogP contribution >= 0.6 is 0 Å². The highest BCUT2D eigenvalue weighted by Crippen LogP contribution is 2.25. The lowest BCUT2D eigenvalue weighted by Crippen LogP contribution is -2.49. The summed E-state index contributed by atoms with van der Waals surface area (Å²) in [6.07, 6.45) is 0.270. The van der Waals surface area contributed by atoms with Gasteiger partial charge in [-0.3, -0.25) is 19.7 Å². The first-order valence-corrected chi connectivity index (χ1v) is 5.90. The van der Waals surface area contributed by atoms with Crippen molar-refractivity contribution < 1.29 is 9.59 Å². The number of hydrogen-bond acceptors (Lipinski definition) is 3. The second kappa shape index (κ2) is 4.12. The maximum atomic E-state index is 11.9. The maximum absolute atomic E-state index is 11.9. The van der Waals surface area contributed by atoms with Crippen LogP contribution in [0.15, 0.2) is 18.2 Å². The zero-order valence-electron chi connectivity index (χ0n) is 10.4. The molecule has 1 N–H and O–H groups in total. The number of nitrogens with one attached hydrogen (secondary N) is 1. The molecule has 1 fully saturated rings. The van der Waals surface area contributed by atoms with Crippen molar-refractivity contribution in [2.75, 3.05) is 11.4 Å². The summed E-state index contributed by atoms with van der Waals surface area (Å²) in [7, 11) is 7.70. The fraction of sp³-hybridized carbons (Fsp3) is 0.250. The van der Waals surface area contributed by atoms with Crippen molar-refractivity contribution in [2.45, 2.75) is 6.42 Å². The van der Waals surface area contributed by atoms with Gasteiger partial charge >= 0.3 is 6.03 Å². The number of hydrogen-bond donors (Lipinski definition) is 1. The molecule has 0 unspecified atom stereocenters. The maximum Gasteiger partial charge on any atom is 0.329 e. The normalized spacial score (nSPS) is 15.9. The van der Waals surface area contributed by atoms with Crippen molar-refractivity contribution in [1.29, 1.82) is 0 Å². The van der Waals surface area contributed by atoms with Crippen LogP contribution in [0.2, 0.25) is 0 Å². The molecule has 3 amide bonds. The molecule has 7 heteroatoms. The van der Waals surface area contributed by atoms with Crippen LogP contribution in [0.1, 0.15) is 6.42 Å². The van der Waals surface area contributed by atoms with Gasteiger partial charge in [0.05, 0.1) is 5.52 Å². The lowest BCUT2D eigenvalue weighted by Gasteiger charge is -2.24. The van der Waals surface area contributed by atoms with E-state index in [-0.39, 0.29) is 12.3 Å². The van der Waals surface area contributed by atoms with E-state index in [0.717, 1.165) is 10.9 Å². The highest BCUT2D eigenvalue weighted by atomic mass is 16.2. The number of urea groups is 1. The van der Waals surface area contributed by atoms with E-state index in [1.54, 1.807) is 17.8 Å². The number of benzene rings is 1. The van der Waals surface area contributed by atoms with E-state index < -0.39 is 6.03 Å². The molecular formula is C12H11BN4O2. The first-order chi connectivity index (χ1) is 9.08. The van der Waals surface area contributed by atoms with E-state index in [4.69, 9.17) is 7.85 Å². The predicted octanol–water partition coefficient (Wildman–Crippen LogP) is -0.187. The average Bonchev–Trinajstić information content (AvgIpc) is 2.68. The molecular weight excluding hydrogens is 243 g/mol. The topological polar surface area (TPSA) is 67.2 Å². The number of nitrogens with zero attached hydrogens (tertiary/aromatic N) is 3. The SMILES string of the molecule is [B]c1cccc2c(N3CCC(=O)NC3=O)nn(C)c12. The van der Waals surface area contributed by atoms with Gasteiger partial charge in [0.25, 0.3) is 0 Å². The van der Waals surface area contributed by atoms with Gasteiger partial charge in [-0.05, 0) is 6.07 Å². The first kappa shape index (κ1) is 11.8. The highest BCUT2D eigenvalue weighted by Gasteiger charge is 2.27. The Morgan fingerprint density at radius 1 is 1.37 bits per heavy atom. The van der Waals surface area contributed by atoms with Crippen LogP contribution in [0.25, 0.3) is 10.9 Å². The van der Waals surface area contributed by atoms with Crippen LogP contribution in [0.5, 0.6) is 0 Å². The van der Waals surface area contributed by atoms with Gasteiger partial charge in [-0.25, -0.2) is 4.79 Å². The molecule has 1 aromatic carbocycles. The summed E-state index contributed by atoms with van der Waals surface area (Å²) in [5, 5.41) is 7.42. The van der Waals surface area contributed by atoms with Gasteiger partial charge in [-0.1, -0.05) is 17.6 Å². The van der Waals surface area contributed by atoms with Crippen LogP contribution in [0, 0.1) is 0 Å². The number of rotatable bonds is 1. The molecule has 2 heterocycles. The van der Waals surface area contributed by atoms with E-state index in [9.17, 15) is 9.59 Å². The Morgan fingerprint density at radius 2 is 2.16 bits per heavy atom. The molecule has 1 aliphatic heterocycles. The van der Waals surface area contributed by atoms with Gasteiger partial charge in [-0.2, -0.15) is 5.10 Å². The molecule has 3 rings (SSSR count). The van der Waals surface area contributed by atoms with Gasteiger partial charge in [-0.15, -0.1) is 0 Å². The smallest absolute Gasteiger partial charge is 0.278 e. The molecule has 0 bridgehead atoms. The first-order valence-electron chi connectivity index (χ1n) is 5.90. The lowest BCUT2D eigenvalue weighted by atomic mass is 9.94. The van der Waals surface area contributed by atoms with E-state index in [1.807, 2.05) is 12.1 Å². The Kier molecular flexibility index (Phi) is 2.55. The molecule has 94 valence electrons. The van der Waals surface area contributed by atoms with Gasteiger partial charge in [0, 0.05) is 25.4 Å². The summed E-state index contributed by atoms with van der Waals surface area (Å²) in [5.41, 5.74) is 1.38. The largest absolute Gasteiger partial charge is 0.329 e. The summed E-state index contributed by atoms with van der Waals surface area (Å²) in [6.45, 7) is 0.325. The summed E-state index contributed by atoms with van der Waals surface area (Å²) < 4.78 is 1.64. The van der Waals surface area contributed by atoms with Gasteiger partial charge < -0.3 is 0 Å². The second-order valence-corrected chi connectivity index (χ2v) is 4.45. The Hall–Kier alpha value is -2.31. The van der Waals surface area contributed by atoms with Gasteiger partial charge in [0.2, 0.25) is 5.91 Å². The zero-order valence-corrected chi connectivity index (χ0v) is 10.4. The summed E-state index contributed by atoms with van der Waals surface area (Å²) in [6, 6.07) is 5.01. The Balaban J connectivity index is 2.13. The third-order valence-corrected chi connectivity index (χ3v) is 3.19. The van der Waals surface area contributed by atoms with Crippen LogP contribution < -0.4 is 15.7 Å². The quantitative estimate of drug-likeness (QED) is 0.717. The van der Waals surface area contributed by atoms with Gasteiger partial charge in [0.1, 0.15) is 7.85 Å². The molecule has 2 radical (unpaired) electrons. The number of para-hydroxylation sites is 1.